The second-order valence-corrected chi connectivity index (χ2v) is 6.66. The lowest BCUT2D eigenvalue weighted by Gasteiger charge is -2.28. The molecule has 0 spiro atoms. The molecule has 0 unspecified atom stereocenters. The van der Waals surface area contributed by atoms with E-state index >= 15 is 0 Å². The number of aryl methyl sites for hydroxylation is 2. The first kappa shape index (κ1) is 14.4. The summed E-state index contributed by atoms with van der Waals surface area (Å²) in [5.74, 6) is 0.946. The molecule has 0 bridgehead atoms. The first-order valence-corrected chi connectivity index (χ1v) is 8.39. The highest BCUT2D eigenvalue weighted by molar-refractivity contribution is 5.57. The third-order valence-corrected chi connectivity index (χ3v) is 5.64. The van der Waals surface area contributed by atoms with Crippen LogP contribution in [0, 0.1) is 16.7 Å². The number of hydrogen-bond donors (Lipinski definition) is 0. The van der Waals surface area contributed by atoms with Crippen molar-refractivity contribution in [3.63, 3.8) is 0 Å². The molecule has 2 aliphatic rings. The summed E-state index contributed by atoms with van der Waals surface area (Å²) >= 11 is 0. The molecule has 1 saturated heterocycles. The van der Waals surface area contributed by atoms with Crippen LogP contribution in [0.5, 0.6) is 0 Å². The molecule has 0 amide bonds. The van der Waals surface area contributed by atoms with E-state index in [1.807, 2.05) is 0 Å². The summed E-state index contributed by atoms with van der Waals surface area (Å²) < 4.78 is 0. The molecule has 1 aliphatic carbocycles. The van der Waals surface area contributed by atoms with Crippen LogP contribution in [0.3, 0.4) is 0 Å². The number of aromatic nitrogens is 1. The lowest BCUT2D eigenvalue weighted by Crippen LogP contribution is -2.28. The Morgan fingerprint density at radius 3 is 2.71 bits per heavy atom. The monoisotopic (exact) mass is 283 g/mol. The van der Waals surface area contributed by atoms with Crippen molar-refractivity contribution in [2.24, 2.45) is 5.41 Å². The van der Waals surface area contributed by atoms with E-state index in [-0.39, 0.29) is 0 Å². The zero-order chi connectivity index (χ0) is 14.9. The largest absolute Gasteiger partial charge is 0.355 e. The Hall–Kier alpha value is -1.56. The smallest absolute Gasteiger partial charge is 0.146 e. The van der Waals surface area contributed by atoms with Crippen LogP contribution >= 0.6 is 0 Å². The van der Waals surface area contributed by atoms with Gasteiger partial charge in [-0.15, -0.1) is 0 Å². The van der Waals surface area contributed by atoms with Gasteiger partial charge in [0.2, 0.25) is 0 Å². The van der Waals surface area contributed by atoms with Gasteiger partial charge in [0.05, 0.1) is 5.56 Å². The zero-order valence-electron chi connectivity index (χ0n) is 13.3. The molecule has 0 radical (unpaired) electrons. The number of nitrogens with zero attached hydrogens (tertiary/aromatic N) is 3. The molecule has 1 fully saturated rings. The van der Waals surface area contributed by atoms with Crippen molar-refractivity contribution in [1.82, 2.24) is 4.98 Å². The van der Waals surface area contributed by atoms with Crippen molar-refractivity contribution in [3.05, 3.63) is 22.9 Å². The normalized spacial score (nSPS) is 20.1. The van der Waals surface area contributed by atoms with Crippen LogP contribution in [0.25, 0.3) is 0 Å². The molecule has 0 atom stereocenters. The summed E-state index contributed by atoms with van der Waals surface area (Å²) in [6.45, 7) is 6.68. The van der Waals surface area contributed by atoms with Crippen molar-refractivity contribution in [2.75, 3.05) is 18.0 Å². The molecule has 1 aliphatic heterocycles. The Bertz CT molecular complexity index is 567. The van der Waals surface area contributed by atoms with Gasteiger partial charge in [-0.3, -0.25) is 0 Å². The van der Waals surface area contributed by atoms with E-state index in [2.05, 4.69) is 30.9 Å². The van der Waals surface area contributed by atoms with Crippen LogP contribution in [0.4, 0.5) is 5.82 Å². The highest BCUT2D eigenvalue weighted by atomic mass is 15.2. The maximum Gasteiger partial charge on any atom is 0.146 e. The number of nitriles is 1. The number of fused-ring (bicyclic) bond motifs is 1. The molecule has 0 N–H and O–H groups in total. The van der Waals surface area contributed by atoms with Crippen molar-refractivity contribution in [3.8, 4) is 6.07 Å². The summed E-state index contributed by atoms with van der Waals surface area (Å²) in [7, 11) is 0. The molecule has 0 saturated carbocycles. The highest BCUT2D eigenvalue weighted by Crippen LogP contribution is 2.39. The van der Waals surface area contributed by atoms with Gasteiger partial charge in [-0.2, -0.15) is 5.26 Å². The second kappa shape index (κ2) is 5.67. The van der Waals surface area contributed by atoms with Crippen LogP contribution in [0.2, 0.25) is 0 Å². The zero-order valence-corrected chi connectivity index (χ0v) is 13.3. The van der Waals surface area contributed by atoms with Gasteiger partial charge in [-0.1, -0.05) is 13.8 Å². The van der Waals surface area contributed by atoms with Gasteiger partial charge in [-0.05, 0) is 62.0 Å². The maximum atomic E-state index is 9.51. The van der Waals surface area contributed by atoms with E-state index in [4.69, 9.17) is 4.98 Å². The van der Waals surface area contributed by atoms with E-state index in [0.29, 0.717) is 5.41 Å². The minimum Gasteiger partial charge on any atom is -0.355 e. The average Bonchev–Trinajstić information content (AvgIpc) is 2.98. The standard InChI is InChI=1S/C18H25N3/c1-3-18(4-2)9-10-21(13-18)17-15(12-19)11-14-7-5-6-8-16(14)20-17/h11H,3-10,13H2,1-2H3. The predicted molar refractivity (Wildman–Crippen MR) is 85.4 cm³/mol. The molecule has 3 rings (SSSR count). The Morgan fingerprint density at radius 1 is 1.29 bits per heavy atom. The molecule has 0 aromatic carbocycles. The van der Waals surface area contributed by atoms with Crippen LogP contribution in [0.1, 0.15) is 62.8 Å². The lowest BCUT2D eigenvalue weighted by atomic mass is 9.82. The SMILES string of the molecule is CCC1(CC)CCN(c2nc3c(cc2C#N)CCCC3)C1. The van der Waals surface area contributed by atoms with E-state index < -0.39 is 0 Å². The van der Waals surface area contributed by atoms with Gasteiger partial charge in [0.1, 0.15) is 11.9 Å². The lowest BCUT2D eigenvalue weighted by molar-refractivity contribution is 0.301. The third kappa shape index (κ3) is 2.52. The minimum atomic E-state index is 0.421. The molecular weight excluding hydrogens is 258 g/mol. The molecular formula is C18H25N3. The topological polar surface area (TPSA) is 39.9 Å². The van der Waals surface area contributed by atoms with Crippen LogP contribution in [0.15, 0.2) is 6.07 Å². The Labute approximate surface area is 128 Å². The highest BCUT2D eigenvalue weighted by Gasteiger charge is 2.36. The summed E-state index contributed by atoms with van der Waals surface area (Å²) in [6.07, 6.45) is 8.29. The van der Waals surface area contributed by atoms with Crippen LogP contribution in [-0.4, -0.2) is 18.1 Å². The van der Waals surface area contributed by atoms with E-state index in [0.717, 1.165) is 37.3 Å². The molecule has 1 aromatic rings. The van der Waals surface area contributed by atoms with Gasteiger partial charge in [-0.25, -0.2) is 4.98 Å². The van der Waals surface area contributed by atoms with E-state index in [1.54, 1.807) is 0 Å². The fourth-order valence-electron chi connectivity index (χ4n) is 3.89. The van der Waals surface area contributed by atoms with Crippen molar-refractivity contribution in [2.45, 2.75) is 58.8 Å². The van der Waals surface area contributed by atoms with Gasteiger partial charge in [0, 0.05) is 18.8 Å². The Balaban J connectivity index is 1.94. The van der Waals surface area contributed by atoms with Crippen LogP contribution < -0.4 is 4.90 Å². The van der Waals surface area contributed by atoms with Crippen LogP contribution in [-0.2, 0) is 12.8 Å². The number of anilines is 1. The summed E-state index contributed by atoms with van der Waals surface area (Å²) in [4.78, 5) is 7.27. The van der Waals surface area contributed by atoms with Gasteiger partial charge < -0.3 is 4.90 Å². The predicted octanol–water partition coefficient (Wildman–Crippen LogP) is 3.85. The number of rotatable bonds is 3. The summed E-state index contributed by atoms with van der Waals surface area (Å²) in [5, 5.41) is 9.51. The minimum absolute atomic E-state index is 0.421. The average molecular weight is 283 g/mol. The van der Waals surface area contributed by atoms with Crippen molar-refractivity contribution in [1.29, 1.82) is 5.26 Å². The Kier molecular flexibility index (Phi) is 3.89. The molecule has 2 heterocycles. The molecule has 3 heteroatoms. The van der Waals surface area contributed by atoms with Gasteiger partial charge in [0.15, 0.2) is 0 Å². The van der Waals surface area contributed by atoms with Crippen molar-refractivity contribution >= 4 is 5.82 Å². The van der Waals surface area contributed by atoms with Gasteiger partial charge >= 0.3 is 0 Å². The second-order valence-electron chi connectivity index (χ2n) is 6.66. The van der Waals surface area contributed by atoms with E-state index in [9.17, 15) is 5.26 Å². The first-order valence-electron chi connectivity index (χ1n) is 8.39. The maximum absolute atomic E-state index is 9.51. The van der Waals surface area contributed by atoms with E-state index in [1.165, 1.54) is 43.4 Å². The molecule has 21 heavy (non-hydrogen) atoms. The quantitative estimate of drug-likeness (QED) is 0.846. The van der Waals surface area contributed by atoms with Crippen molar-refractivity contribution < 1.29 is 0 Å². The summed E-state index contributed by atoms with van der Waals surface area (Å²) in [5.41, 5.74) is 3.74. The molecule has 3 nitrogen and oxygen atoms in total. The molecule has 1 aromatic heterocycles. The number of hydrogen-bond acceptors (Lipinski definition) is 3. The molecule has 112 valence electrons. The fraction of sp³-hybridized carbons (Fsp3) is 0.667. The first-order chi connectivity index (χ1) is 10.2. The summed E-state index contributed by atoms with van der Waals surface area (Å²) in [6, 6.07) is 4.49. The third-order valence-electron chi connectivity index (χ3n) is 5.64. The fourth-order valence-corrected chi connectivity index (χ4v) is 3.89. The Morgan fingerprint density at radius 2 is 2.05 bits per heavy atom. The number of pyridine rings is 1. The van der Waals surface area contributed by atoms with Gasteiger partial charge in [0.25, 0.3) is 0 Å².